The Morgan fingerprint density at radius 1 is 1.00 bits per heavy atom. The van der Waals surface area contributed by atoms with Crippen LogP contribution < -0.4 is 5.32 Å². The van der Waals surface area contributed by atoms with Crippen molar-refractivity contribution in [1.82, 2.24) is 19.7 Å². The van der Waals surface area contributed by atoms with E-state index < -0.39 is 0 Å². The number of hydrogen-bond donors (Lipinski definition) is 1. The predicted molar refractivity (Wildman–Crippen MR) is 125 cm³/mol. The third kappa shape index (κ3) is 4.20. The topological polar surface area (TPSA) is 89.4 Å². The van der Waals surface area contributed by atoms with Gasteiger partial charge in [-0.1, -0.05) is 30.3 Å². The molecule has 8 nitrogen and oxygen atoms in total. The fourth-order valence-electron chi connectivity index (χ4n) is 3.90. The minimum atomic E-state index is -0.264. The average molecular weight is 441 g/mol. The molecule has 1 saturated heterocycles. The van der Waals surface area contributed by atoms with Crippen molar-refractivity contribution >= 4 is 28.5 Å². The highest BCUT2D eigenvalue weighted by molar-refractivity contribution is 6.12. The molecule has 0 unspecified atom stereocenters. The average Bonchev–Trinajstić information content (AvgIpc) is 3.25. The standard InChI is InChI=1S/C25H23N5O3/c1-29-23-21(16-26-29)20(15-22(28-23)17-5-3-2-4-6-17)24(31)27-19-9-7-18(8-10-19)25(32)30-11-13-33-14-12-30/h2-10,15-16H,11-14H2,1H3,(H,27,31). The number of ether oxygens (including phenoxy) is 1. The van der Waals surface area contributed by atoms with E-state index in [0.717, 1.165) is 5.56 Å². The minimum absolute atomic E-state index is 0.0325. The van der Waals surface area contributed by atoms with E-state index >= 15 is 0 Å². The smallest absolute Gasteiger partial charge is 0.256 e. The highest BCUT2D eigenvalue weighted by Gasteiger charge is 2.19. The van der Waals surface area contributed by atoms with Gasteiger partial charge in [0.05, 0.1) is 36.1 Å². The molecule has 5 rings (SSSR count). The maximum absolute atomic E-state index is 13.2. The van der Waals surface area contributed by atoms with Gasteiger partial charge < -0.3 is 15.0 Å². The number of hydrogen-bond acceptors (Lipinski definition) is 5. The van der Waals surface area contributed by atoms with Crippen LogP contribution in [0, 0.1) is 0 Å². The Kier molecular flexibility index (Phi) is 5.58. The summed E-state index contributed by atoms with van der Waals surface area (Å²) < 4.78 is 6.96. The number of carbonyl (C=O) groups is 2. The Bertz CT molecular complexity index is 1310. The Hall–Kier alpha value is -4.04. The zero-order chi connectivity index (χ0) is 22.8. The molecular formula is C25H23N5O3. The van der Waals surface area contributed by atoms with Gasteiger partial charge in [-0.25, -0.2) is 4.98 Å². The van der Waals surface area contributed by atoms with Gasteiger partial charge in [0.25, 0.3) is 11.8 Å². The molecule has 3 heterocycles. The molecule has 0 atom stereocenters. The lowest BCUT2D eigenvalue weighted by molar-refractivity contribution is 0.0303. The van der Waals surface area contributed by atoms with Crippen LogP contribution in [-0.4, -0.2) is 57.8 Å². The summed E-state index contributed by atoms with van der Waals surface area (Å²) in [5, 5.41) is 7.89. The van der Waals surface area contributed by atoms with E-state index in [1.54, 1.807) is 53.2 Å². The molecule has 4 aromatic rings. The molecule has 2 amide bonds. The summed E-state index contributed by atoms with van der Waals surface area (Å²) in [6.07, 6.45) is 1.65. The van der Waals surface area contributed by atoms with E-state index in [0.29, 0.717) is 59.8 Å². The maximum Gasteiger partial charge on any atom is 0.256 e. The molecule has 2 aromatic carbocycles. The first-order chi connectivity index (χ1) is 16.1. The Morgan fingerprint density at radius 3 is 2.45 bits per heavy atom. The SMILES string of the molecule is Cn1ncc2c(C(=O)Nc3ccc(C(=O)N4CCOCC4)cc3)cc(-c3ccccc3)nc21. The number of pyridine rings is 1. The van der Waals surface area contributed by atoms with Gasteiger partial charge in [-0.3, -0.25) is 14.3 Å². The number of amides is 2. The van der Waals surface area contributed by atoms with Gasteiger partial charge in [0.15, 0.2) is 5.65 Å². The van der Waals surface area contributed by atoms with E-state index in [9.17, 15) is 9.59 Å². The summed E-state index contributed by atoms with van der Waals surface area (Å²) in [6.45, 7) is 2.29. The Labute approximate surface area is 190 Å². The Balaban J connectivity index is 1.40. The maximum atomic E-state index is 13.2. The number of fused-ring (bicyclic) bond motifs is 1. The first-order valence-corrected chi connectivity index (χ1v) is 10.8. The van der Waals surface area contributed by atoms with Crippen molar-refractivity contribution in [2.24, 2.45) is 7.05 Å². The minimum Gasteiger partial charge on any atom is -0.378 e. The van der Waals surface area contributed by atoms with E-state index in [1.165, 1.54) is 0 Å². The third-order valence-electron chi connectivity index (χ3n) is 5.71. The van der Waals surface area contributed by atoms with E-state index in [-0.39, 0.29) is 11.8 Å². The number of rotatable bonds is 4. The molecule has 0 bridgehead atoms. The number of nitrogens with zero attached hydrogens (tertiary/aromatic N) is 4. The normalized spacial score (nSPS) is 13.8. The number of aromatic nitrogens is 3. The molecule has 33 heavy (non-hydrogen) atoms. The molecule has 8 heteroatoms. The first kappa shape index (κ1) is 20.8. The highest BCUT2D eigenvalue weighted by Crippen LogP contribution is 2.25. The van der Waals surface area contributed by atoms with Crippen molar-refractivity contribution in [2.45, 2.75) is 0 Å². The molecule has 166 valence electrons. The van der Waals surface area contributed by atoms with Crippen molar-refractivity contribution in [3.63, 3.8) is 0 Å². The summed E-state index contributed by atoms with van der Waals surface area (Å²) in [5.74, 6) is -0.297. The molecule has 0 saturated carbocycles. The molecule has 0 spiro atoms. The number of anilines is 1. The van der Waals surface area contributed by atoms with E-state index in [4.69, 9.17) is 9.72 Å². The van der Waals surface area contributed by atoms with Crippen LogP contribution in [-0.2, 0) is 11.8 Å². The molecule has 0 radical (unpaired) electrons. The molecule has 1 fully saturated rings. The summed E-state index contributed by atoms with van der Waals surface area (Å²) in [6, 6.07) is 18.4. The van der Waals surface area contributed by atoms with E-state index in [2.05, 4.69) is 10.4 Å². The first-order valence-electron chi connectivity index (χ1n) is 10.8. The lowest BCUT2D eigenvalue weighted by atomic mass is 10.1. The van der Waals surface area contributed by atoms with Gasteiger partial charge in [-0.15, -0.1) is 0 Å². The summed E-state index contributed by atoms with van der Waals surface area (Å²) >= 11 is 0. The van der Waals surface area contributed by atoms with Gasteiger partial charge >= 0.3 is 0 Å². The van der Waals surface area contributed by atoms with Crippen LogP contribution in [0.3, 0.4) is 0 Å². The summed E-state index contributed by atoms with van der Waals surface area (Å²) in [4.78, 5) is 32.3. The van der Waals surface area contributed by atoms with Crippen LogP contribution in [0.1, 0.15) is 20.7 Å². The monoisotopic (exact) mass is 441 g/mol. The van der Waals surface area contributed by atoms with Gasteiger partial charge in [-0.05, 0) is 30.3 Å². The van der Waals surface area contributed by atoms with Crippen LogP contribution >= 0.6 is 0 Å². The molecule has 0 aliphatic carbocycles. The summed E-state index contributed by atoms with van der Waals surface area (Å²) in [5.41, 5.74) is 3.92. The quantitative estimate of drug-likeness (QED) is 0.525. The van der Waals surface area contributed by atoms with Crippen LogP contribution in [0.4, 0.5) is 5.69 Å². The second-order valence-electron chi connectivity index (χ2n) is 7.86. The largest absolute Gasteiger partial charge is 0.378 e. The Morgan fingerprint density at radius 2 is 1.73 bits per heavy atom. The van der Waals surface area contributed by atoms with Crippen molar-refractivity contribution in [3.8, 4) is 11.3 Å². The van der Waals surface area contributed by atoms with Gasteiger partial charge in [0.1, 0.15) is 0 Å². The molecule has 1 aliphatic rings. The molecule has 1 aliphatic heterocycles. The molecule has 1 N–H and O–H groups in total. The van der Waals surface area contributed by atoms with Crippen molar-refractivity contribution < 1.29 is 14.3 Å². The van der Waals surface area contributed by atoms with Crippen LogP contribution in [0.25, 0.3) is 22.3 Å². The zero-order valence-electron chi connectivity index (χ0n) is 18.2. The number of benzene rings is 2. The van der Waals surface area contributed by atoms with Crippen LogP contribution in [0.5, 0.6) is 0 Å². The van der Waals surface area contributed by atoms with Crippen LogP contribution in [0.15, 0.2) is 66.9 Å². The van der Waals surface area contributed by atoms with Crippen molar-refractivity contribution in [2.75, 3.05) is 31.6 Å². The number of carbonyl (C=O) groups excluding carboxylic acids is 2. The van der Waals surface area contributed by atoms with Gasteiger partial charge in [0.2, 0.25) is 0 Å². The fourth-order valence-corrected chi connectivity index (χ4v) is 3.90. The number of morpholine rings is 1. The lowest BCUT2D eigenvalue weighted by Crippen LogP contribution is -2.40. The fraction of sp³-hybridized carbons (Fsp3) is 0.200. The van der Waals surface area contributed by atoms with Crippen molar-refractivity contribution in [1.29, 1.82) is 0 Å². The lowest BCUT2D eigenvalue weighted by Gasteiger charge is -2.26. The third-order valence-corrected chi connectivity index (χ3v) is 5.71. The number of nitrogens with one attached hydrogen (secondary N) is 1. The molecule has 2 aromatic heterocycles. The molecular weight excluding hydrogens is 418 g/mol. The highest BCUT2D eigenvalue weighted by atomic mass is 16.5. The summed E-state index contributed by atoms with van der Waals surface area (Å²) in [7, 11) is 1.80. The van der Waals surface area contributed by atoms with Gasteiger partial charge in [-0.2, -0.15) is 5.10 Å². The van der Waals surface area contributed by atoms with E-state index in [1.807, 2.05) is 30.3 Å². The predicted octanol–water partition coefficient (Wildman–Crippen LogP) is 3.36. The second kappa shape index (κ2) is 8.84. The van der Waals surface area contributed by atoms with Gasteiger partial charge in [0, 0.05) is 37.0 Å². The van der Waals surface area contributed by atoms with Crippen molar-refractivity contribution in [3.05, 3.63) is 78.0 Å². The van der Waals surface area contributed by atoms with Crippen LogP contribution in [0.2, 0.25) is 0 Å². The zero-order valence-corrected chi connectivity index (χ0v) is 18.2. The number of aryl methyl sites for hydroxylation is 1. The second-order valence-corrected chi connectivity index (χ2v) is 7.86.